The Morgan fingerprint density at radius 2 is 2.19 bits per heavy atom. The molecule has 3 heterocycles. The van der Waals surface area contributed by atoms with Gasteiger partial charge < -0.3 is 9.88 Å². The second kappa shape index (κ2) is 4.95. The molecule has 0 bridgehead atoms. The first-order chi connectivity index (χ1) is 10.3. The maximum atomic E-state index is 5.05. The molecule has 1 aliphatic carbocycles. The normalized spacial score (nSPS) is 18.0. The average Bonchev–Trinajstić information content (AvgIpc) is 3.28. The van der Waals surface area contributed by atoms with Gasteiger partial charge in [-0.3, -0.25) is 4.98 Å². The van der Waals surface area contributed by atoms with E-state index in [0.29, 0.717) is 11.8 Å². The molecular formula is C17H22N4. The fraction of sp³-hybridized carbons (Fsp3) is 0.529. The van der Waals surface area contributed by atoms with E-state index in [9.17, 15) is 0 Å². The number of hydrogen-bond acceptors (Lipinski definition) is 3. The van der Waals surface area contributed by atoms with E-state index in [1.165, 1.54) is 29.9 Å². The van der Waals surface area contributed by atoms with Crippen LogP contribution in [-0.2, 0) is 13.1 Å². The molecule has 0 amide bonds. The number of fused-ring (bicyclic) bond motifs is 1. The van der Waals surface area contributed by atoms with Crippen molar-refractivity contribution < 1.29 is 0 Å². The molecule has 1 saturated carbocycles. The van der Waals surface area contributed by atoms with Crippen molar-refractivity contribution in [2.24, 2.45) is 0 Å². The van der Waals surface area contributed by atoms with Crippen molar-refractivity contribution >= 4 is 0 Å². The van der Waals surface area contributed by atoms with Gasteiger partial charge in [0.2, 0.25) is 0 Å². The number of imidazole rings is 1. The Balaban J connectivity index is 1.89. The van der Waals surface area contributed by atoms with Crippen molar-refractivity contribution in [1.82, 2.24) is 19.9 Å². The summed E-state index contributed by atoms with van der Waals surface area (Å²) in [6.45, 7) is 7.42. The summed E-state index contributed by atoms with van der Waals surface area (Å²) < 4.78 is 2.46. The topological polar surface area (TPSA) is 42.7 Å². The van der Waals surface area contributed by atoms with Crippen LogP contribution in [0.2, 0.25) is 0 Å². The Labute approximate surface area is 125 Å². The molecule has 0 radical (unpaired) electrons. The molecule has 4 heteroatoms. The van der Waals surface area contributed by atoms with E-state index in [1.807, 2.05) is 12.3 Å². The highest BCUT2D eigenvalue weighted by Crippen LogP contribution is 2.42. The van der Waals surface area contributed by atoms with Gasteiger partial charge in [0.15, 0.2) is 0 Å². The molecular weight excluding hydrogens is 260 g/mol. The fourth-order valence-electron chi connectivity index (χ4n) is 3.28. The van der Waals surface area contributed by atoms with E-state index in [4.69, 9.17) is 4.98 Å². The van der Waals surface area contributed by atoms with Gasteiger partial charge in [-0.25, -0.2) is 4.98 Å². The van der Waals surface area contributed by atoms with Crippen LogP contribution in [0.15, 0.2) is 18.3 Å². The summed E-state index contributed by atoms with van der Waals surface area (Å²) in [5, 5.41) is 3.49. The summed E-state index contributed by atoms with van der Waals surface area (Å²) in [5.74, 6) is 2.41. The molecule has 4 nitrogen and oxygen atoms in total. The van der Waals surface area contributed by atoms with Crippen molar-refractivity contribution in [2.45, 2.75) is 51.6 Å². The van der Waals surface area contributed by atoms with Crippen molar-refractivity contribution in [1.29, 1.82) is 0 Å². The van der Waals surface area contributed by atoms with Crippen molar-refractivity contribution in [3.63, 3.8) is 0 Å². The largest absolute Gasteiger partial charge is 0.329 e. The molecule has 0 unspecified atom stereocenters. The second-order valence-corrected chi connectivity index (χ2v) is 6.46. The minimum atomic E-state index is 0.416. The molecule has 2 aromatic rings. The lowest BCUT2D eigenvalue weighted by molar-refractivity contribution is 0.502. The summed E-state index contributed by atoms with van der Waals surface area (Å²) in [7, 11) is 0. The van der Waals surface area contributed by atoms with Crippen LogP contribution in [0.4, 0.5) is 0 Å². The first-order valence-electron chi connectivity index (χ1n) is 8.01. The van der Waals surface area contributed by atoms with Gasteiger partial charge in [0.1, 0.15) is 5.82 Å². The van der Waals surface area contributed by atoms with Gasteiger partial charge in [0.25, 0.3) is 0 Å². The highest BCUT2D eigenvalue weighted by atomic mass is 15.2. The number of nitrogens with zero attached hydrogens (tertiary/aromatic N) is 3. The molecule has 1 aliphatic heterocycles. The molecule has 2 aliphatic rings. The number of nitrogens with one attached hydrogen (secondary N) is 1. The molecule has 0 spiro atoms. The van der Waals surface area contributed by atoms with E-state index in [0.717, 1.165) is 31.0 Å². The Bertz CT molecular complexity index is 667. The number of rotatable bonds is 3. The van der Waals surface area contributed by atoms with Crippen LogP contribution in [0.3, 0.4) is 0 Å². The monoisotopic (exact) mass is 282 g/mol. The smallest absolute Gasteiger partial charge is 0.112 e. The van der Waals surface area contributed by atoms with Gasteiger partial charge in [-0.15, -0.1) is 0 Å². The van der Waals surface area contributed by atoms with Gasteiger partial charge in [-0.2, -0.15) is 0 Å². The highest BCUT2D eigenvalue weighted by Gasteiger charge is 2.32. The molecule has 4 rings (SSSR count). The molecule has 21 heavy (non-hydrogen) atoms. The van der Waals surface area contributed by atoms with Crippen molar-refractivity contribution in [3.05, 3.63) is 35.5 Å². The Morgan fingerprint density at radius 3 is 2.95 bits per heavy atom. The summed E-state index contributed by atoms with van der Waals surface area (Å²) in [4.78, 5) is 9.65. The zero-order valence-corrected chi connectivity index (χ0v) is 12.8. The Kier molecular flexibility index (Phi) is 3.07. The van der Waals surface area contributed by atoms with E-state index in [-0.39, 0.29) is 0 Å². The average molecular weight is 282 g/mol. The van der Waals surface area contributed by atoms with Crippen LogP contribution in [0.1, 0.15) is 55.7 Å². The summed E-state index contributed by atoms with van der Waals surface area (Å²) >= 11 is 0. The lowest BCUT2D eigenvalue weighted by Crippen LogP contribution is -2.28. The summed E-state index contributed by atoms with van der Waals surface area (Å²) in [5.41, 5.74) is 4.87. The fourth-order valence-corrected chi connectivity index (χ4v) is 3.28. The Morgan fingerprint density at radius 1 is 1.33 bits per heavy atom. The SMILES string of the molecule is CC(C)c1ncccc1-c1nc(C2CC2)n2c1CNCC2. The van der Waals surface area contributed by atoms with Crippen LogP contribution in [0.5, 0.6) is 0 Å². The summed E-state index contributed by atoms with van der Waals surface area (Å²) in [6, 6.07) is 4.21. The number of hydrogen-bond donors (Lipinski definition) is 1. The number of pyridine rings is 1. The molecule has 0 saturated heterocycles. The first-order valence-corrected chi connectivity index (χ1v) is 8.01. The van der Waals surface area contributed by atoms with Gasteiger partial charge in [-0.05, 0) is 30.9 Å². The van der Waals surface area contributed by atoms with Crippen molar-refractivity contribution in [3.8, 4) is 11.3 Å². The van der Waals surface area contributed by atoms with Crippen LogP contribution in [-0.4, -0.2) is 21.1 Å². The van der Waals surface area contributed by atoms with Gasteiger partial charge in [0, 0.05) is 37.3 Å². The maximum Gasteiger partial charge on any atom is 0.112 e. The molecule has 0 atom stereocenters. The maximum absolute atomic E-state index is 5.05. The van der Waals surface area contributed by atoms with Gasteiger partial charge in [0.05, 0.1) is 17.1 Å². The standard InChI is InChI=1S/C17H22N4/c1-11(2)15-13(4-3-7-19-15)16-14-10-18-8-9-21(14)17(20-16)12-5-6-12/h3-4,7,11-12,18H,5-6,8-10H2,1-2H3. The first kappa shape index (κ1) is 13.0. The quantitative estimate of drug-likeness (QED) is 0.941. The number of aromatic nitrogens is 3. The molecule has 1 fully saturated rings. The minimum absolute atomic E-state index is 0.416. The lowest BCUT2D eigenvalue weighted by atomic mass is 10.00. The molecule has 1 N–H and O–H groups in total. The summed E-state index contributed by atoms with van der Waals surface area (Å²) in [6.07, 6.45) is 4.49. The van der Waals surface area contributed by atoms with Crippen LogP contribution < -0.4 is 5.32 Å². The van der Waals surface area contributed by atoms with Crippen LogP contribution in [0.25, 0.3) is 11.3 Å². The van der Waals surface area contributed by atoms with Crippen LogP contribution in [0, 0.1) is 0 Å². The predicted molar refractivity (Wildman–Crippen MR) is 83.2 cm³/mol. The lowest BCUT2D eigenvalue weighted by Gasteiger charge is -2.19. The third-order valence-electron chi connectivity index (χ3n) is 4.49. The molecule has 0 aromatic carbocycles. The van der Waals surface area contributed by atoms with Gasteiger partial charge in [-0.1, -0.05) is 13.8 Å². The van der Waals surface area contributed by atoms with E-state index >= 15 is 0 Å². The van der Waals surface area contributed by atoms with E-state index in [2.05, 4.69) is 34.8 Å². The van der Waals surface area contributed by atoms with E-state index < -0.39 is 0 Å². The molecule has 2 aromatic heterocycles. The zero-order chi connectivity index (χ0) is 14.4. The minimum Gasteiger partial charge on any atom is -0.329 e. The van der Waals surface area contributed by atoms with E-state index in [1.54, 1.807) is 0 Å². The second-order valence-electron chi connectivity index (χ2n) is 6.46. The predicted octanol–water partition coefficient (Wildman–Crippen LogP) is 3.05. The Hall–Kier alpha value is -1.68. The highest BCUT2D eigenvalue weighted by molar-refractivity contribution is 5.66. The van der Waals surface area contributed by atoms with Crippen molar-refractivity contribution in [2.75, 3.05) is 6.54 Å². The zero-order valence-electron chi connectivity index (χ0n) is 12.8. The molecule has 110 valence electrons. The van der Waals surface area contributed by atoms with Crippen LogP contribution >= 0.6 is 0 Å². The van der Waals surface area contributed by atoms with Gasteiger partial charge >= 0.3 is 0 Å². The third kappa shape index (κ3) is 2.18. The third-order valence-corrected chi connectivity index (χ3v) is 4.49.